The normalized spacial score (nSPS) is 14.4. The predicted octanol–water partition coefficient (Wildman–Crippen LogP) is 2.12. The maximum atomic E-state index is 14.7. The van der Waals surface area contributed by atoms with Crippen LogP contribution in [-0.4, -0.2) is 27.8 Å². The van der Waals surface area contributed by atoms with E-state index in [2.05, 4.69) is 22.0 Å². The van der Waals surface area contributed by atoms with Crippen molar-refractivity contribution >= 4 is 22.9 Å². The van der Waals surface area contributed by atoms with Gasteiger partial charge in [0.1, 0.15) is 16.4 Å². The fourth-order valence-corrected chi connectivity index (χ4v) is 4.17. The lowest BCUT2D eigenvalue weighted by Crippen LogP contribution is -2.20. The van der Waals surface area contributed by atoms with Crippen LogP contribution in [-0.2, 0) is 12.0 Å². The maximum Gasteiger partial charge on any atom is 0.260 e. The zero-order chi connectivity index (χ0) is 21.6. The molecule has 0 bridgehead atoms. The Morgan fingerprint density at radius 3 is 2.87 bits per heavy atom. The first-order valence-corrected chi connectivity index (χ1v) is 9.73. The van der Waals surface area contributed by atoms with Crippen molar-refractivity contribution in [1.29, 1.82) is 0 Å². The molecule has 0 unspecified atom stereocenters. The molecule has 0 spiro atoms. The summed E-state index contributed by atoms with van der Waals surface area (Å²) >= 11 is 1.20. The molecule has 3 heterocycles. The highest BCUT2D eigenvalue weighted by atomic mass is 32.1. The molecule has 0 radical (unpaired) electrons. The summed E-state index contributed by atoms with van der Waals surface area (Å²) in [7, 11) is 0. The number of ether oxygens (including phenoxy) is 1. The summed E-state index contributed by atoms with van der Waals surface area (Å²) in [6.45, 7) is 3.26. The number of nitrogen functional groups attached to an aromatic ring is 1. The number of rotatable bonds is 2. The van der Waals surface area contributed by atoms with Crippen LogP contribution in [0.4, 0.5) is 10.1 Å². The van der Waals surface area contributed by atoms with Gasteiger partial charge in [-0.1, -0.05) is 17.0 Å². The van der Waals surface area contributed by atoms with E-state index in [0.29, 0.717) is 24.2 Å². The summed E-state index contributed by atoms with van der Waals surface area (Å²) in [4.78, 5) is 16.7. The van der Waals surface area contributed by atoms with Gasteiger partial charge in [0.15, 0.2) is 5.60 Å². The summed E-state index contributed by atoms with van der Waals surface area (Å²) in [5.74, 6) is 4.48. The van der Waals surface area contributed by atoms with Gasteiger partial charge in [0, 0.05) is 35.4 Å². The molecule has 8 nitrogen and oxygen atoms in total. The van der Waals surface area contributed by atoms with Crippen LogP contribution in [0.15, 0.2) is 16.7 Å². The number of carbonyl (C=O) groups excluding carboxylic acids is 1. The number of benzene rings is 1. The van der Waals surface area contributed by atoms with Crippen molar-refractivity contribution in [2.75, 3.05) is 12.3 Å². The number of halogens is 1. The molecule has 0 saturated carbocycles. The van der Waals surface area contributed by atoms with Crippen molar-refractivity contribution in [3.8, 4) is 28.7 Å². The molecule has 0 fully saturated rings. The summed E-state index contributed by atoms with van der Waals surface area (Å²) in [6, 6.07) is 2.69. The van der Waals surface area contributed by atoms with Crippen molar-refractivity contribution in [1.82, 2.24) is 10.1 Å². The van der Waals surface area contributed by atoms with Gasteiger partial charge in [0.25, 0.3) is 5.91 Å². The number of aliphatic hydroxyl groups is 1. The van der Waals surface area contributed by atoms with Gasteiger partial charge in [-0.15, -0.1) is 11.3 Å². The molecule has 1 aromatic carbocycles. The smallest absolute Gasteiger partial charge is 0.260 e. The van der Waals surface area contributed by atoms with Crippen molar-refractivity contribution in [2.45, 2.75) is 25.9 Å². The second kappa shape index (κ2) is 7.12. The lowest BCUT2D eigenvalue weighted by molar-refractivity contribution is 0.100. The number of nitrogens with two attached hydrogens (primary N) is 2. The third kappa shape index (κ3) is 3.38. The van der Waals surface area contributed by atoms with Crippen molar-refractivity contribution in [2.24, 2.45) is 5.73 Å². The molecule has 1 aliphatic rings. The Morgan fingerprint density at radius 2 is 2.20 bits per heavy atom. The van der Waals surface area contributed by atoms with Crippen LogP contribution in [0.1, 0.15) is 38.8 Å². The lowest BCUT2D eigenvalue weighted by Gasteiger charge is -2.12. The van der Waals surface area contributed by atoms with Gasteiger partial charge in [-0.2, -0.15) is 4.98 Å². The van der Waals surface area contributed by atoms with Crippen molar-refractivity contribution in [3.63, 3.8) is 0 Å². The van der Waals surface area contributed by atoms with E-state index in [0.717, 1.165) is 4.88 Å². The number of anilines is 1. The SMILES string of the molecule is Cc1nc([C@](C)(O)C#Cc2cc3c(cc2F)OCCc2sc(C(N)=O)c(N)c2-3)no1. The fourth-order valence-electron chi connectivity index (χ4n) is 3.11. The minimum absolute atomic E-state index is 0.0110. The van der Waals surface area contributed by atoms with Crippen LogP contribution >= 0.6 is 11.3 Å². The average molecular weight is 428 g/mol. The number of carbonyl (C=O) groups is 1. The molecule has 0 saturated heterocycles. The summed E-state index contributed by atoms with van der Waals surface area (Å²) in [5, 5.41) is 14.2. The fraction of sp³-hybridized carbons (Fsp3) is 0.250. The highest BCUT2D eigenvalue weighted by Gasteiger charge is 2.28. The Labute approximate surface area is 174 Å². The molecular formula is C20H17FN4O4S. The molecule has 1 atom stereocenters. The third-order valence-corrected chi connectivity index (χ3v) is 5.85. The number of aryl methyl sites for hydroxylation is 1. The number of amides is 1. The first kappa shape index (κ1) is 19.9. The van der Waals surface area contributed by atoms with Crippen LogP contribution < -0.4 is 16.2 Å². The Kier molecular flexibility index (Phi) is 4.72. The number of fused-ring (bicyclic) bond motifs is 3. The van der Waals surface area contributed by atoms with Crippen LogP contribution in [0, 0.1) is 24.6 Å². The van der Waals surface area contributed by atoms with Crippen LogP contribution in [0.25, 0.3) is 11.1 Å². The second-order valence-electron chi connectivity index (χ2n) is 6.89. The predicted molar refractivity (Wildman–Crippen MR) is 107 cm³/mol. The maximum absolute atomic E-state index is 14.7. The van der Waals surface area contributed by atoms with E-state index < -0.39 is 17.3 Å². The van der Waals surface area contributed by atoms with Gasteiger partial charge < -0.3 is 25.8 Å². The summed E-state index contributed by atoms with van der Waals surface area (Å²) in [6.07, 6.45) is 0.501. The molecule has 2 aromatic heterocycles. The highest BCUT2D eigenvalue weighted by Crippen LogP contribution is 2.45. The number of hydrogen-bond donors (Lipinski definition) is 3. The topological polar surface area (TPSA) is 137 Å². The molecule has 1 aliphatic heterocycles. The van der Waals surface area contributed by atoms with Gasteiger partial charge in [-0.3, -0.25) is 4.79 Å². The van der Waals surface area contributed by atoms with Crippen LogP contribution in [0.2, 0.25) is 0 Å². The van der Waals surface area contributed by atoms with E-state index in [4.69, 9.17) is 20.7 Å². The van der Waals surface area contributed by atoms with E-state index in [9.17, 15) is 14.3 Å². The largest absolute Gasteiger partial charge is 0.492 e. The van der Waals surface area contributed by atoms with E-state index in [-0.39, 0.29) is 33.6 Å². The number of aromatic nitrogens is 2. The van der Waals surface area contributed by atoms with Gasteiger partial charge in [0.05, 0.1) is 17.9 Å². The molecule has 3 aromatic rings. The second-order valence-corrected chi connectivity index (χ2v) is 8.00. The molecule has 5 N–H and O–H groups in total. The number of nitrogens with zero attached hydrogens (tertiary/aromatic N) is 2. The third-order valence-electron chi connectivity index (χ3n) is 4.57. The van der Waals surface area contributed by atoms with Gasteiger partial charge in [0.2, 0.25) is 11.7 Å². The molecule has 154 valence electrons. The minimum atomic E-state index is -1.75. The van der Waals surface area contributed by atoms with Gasteiger partial charge >= 0.3 is 0 Å². The highest BCUT2D eigenvalue weighted by molar-refractivity contribution is 7.15. The number of primary amides is 1. The number of thiophene rings is 1. The number of hydrogen-bond acceptors (Lipinski definition) is 8. The Balaban J connectivity index is 1.83. The summed E-state index contributed by atoms with van der Waals surface area (Å²) < 4.78 is 25.2. The Hall–Kier alpha value is -3.42. The molecule has 4 rings (SSSR count). The molecule has 1 amide bonds. The van der Waals surface area contributed by atoms with Crippen molar-refractivity contribution < 1.29 is 23.6 Å². The van der Waals surface area contributed by atoms with E-state index in [1.807, 2.05) is 0 Å². The average Bonchev–Trinajstić information content (AvgIpc) is 3.20. The zero-order valence-corrected chi connectivity index (χ0v) is 16.9. The monoisotopic (exact) mass is 428 g/mol. The first-order chi connectivity index (χ1) is 14.2. The zero-order valence-electron chi connectivity index (χ0n) is 16.1. The minimum Gasteiger partial charge on any atom is -0.492 e. The Morgan fingerprint density at radius 1 is 1.43 bits per heavy atom. The Bertz CT molecular complexity index is 1240. The molecule has 10 heteroatoms. The standard InChI is InChI=1S/C20H17FN4O4S/c1-9-24-19(25-29-9)20(2,27)5-3-10-7-11-13(8-12(10)21)28-6-4-14-15(11)16(22)17(30-14)18(23)26/h7-8,27H,4,6,22H2,1-2H3,(H2,23,26)/t20-/m1/s1. The van der Waals surface area contributed by atoms with Gasteiger partial charge in [-0.25, -0.2) is 4.39 Å². The van der Waals surface area contributed by atoms with E-state index in [1.54, 1.807) is 6.92 Å². The summed E-state index contributed by atoms with van der Waals surface area (Å²) in [5.41, 5.74) is 11.2. The van der Waals surface area contributed by atoms with Gasteiger partial charge in [-0.05, 0) is 13.0 Å². The molecule has 30 heavy (non-hydrogen) atoms. The van der Waals surface area contributed by atoms with E-state index in [1.165, 1.54) is 30.4 Å². The van der Waals surface area contributed by atoms with Crippen LogP contribution in [0.3, 0.4) is 0 Å². The quantitative estimate of drug-likeness (QED) is 0.532. The van der Waals surface area contributed by atoms with E-state index >= 15 is 0 Å². The first-order valence-electron chi connectivity index (χ1n) is 8.91. The van der Waals surface area contributed by atoms with Crippen LogP contribution in [0.5, 0.6) is 5.75 Å². The molecule has 0 aliphatic carbocycles. The lowest BCUT2D eigenvalue weighted by atomic mass is 9.99. The molecular weight excluding hydrogens is 411 g/mol. The van der Waals surface area contributed by atoms with Crippen molar-refractivity contribution in [3.05, 3.63) is 45.0 Å².